The molecule has 0 aliphatic rings. The van der Waals surface area contributed by atoms with Gasteiger partial charge in [0.25, 0.3) is 0 Å². The fourth-order valence-electron chi connectivity index (χ4n) is 0.786. The SMILES string of the molecule is CO.Cc1ccc(C(F)(F)F)cc1O. The lowest BCUT2D eigenvalue weighted by Crippen LogP contribution is -2.04. The molecule has 2 nitrogen and oxygen atoms in total. The minimum Gasteiger partial charge on any atom is -0.508 e. The molecule has 14 heavy (non-hydrogen) atoms. The first-order valence-electron chi connectivity index (χ1n) is 3.73. The summed E-state index contributed by atoms with van der Waals surface area (Å²) in [4.78, 5) is 0. The van der Waals surface area contributed by atoms with Crippen LogP contribution >= 0.6 is 0 Å². The van der Waals surface area contributed by atoms with Gasteiger partial charge in [-0.05, 0) is 24.6 Å². The van der Waals surface area contributed by atoms with E-state index in [4.69, 9.17) is 10.2 Å². The third-order valence-electron chi connectivity index (χ3n) is 1.54. The van der Waals surface area contributed by atoms with Gasteiger partial charge in [0.1, 0.15) is 5.75 Å². The normalized spacial score (nSPS) is 10.4. The second-order valence-corrected chi connectivity index (χ2v) is 2.50. The van der Waals surface area contributed by atoms with Crippen LogP contribution in [0.15, 0.2) is 18.2 Å². The molecule has 0 aromatic heterocycles. The first-order valence-corrected chi connectivity index (χ1v) is 3.73. The Labute approximate surface area is 79.6 Å². The number of aryl methyl sites for hydroxylation is 1. The molecule has 0 spiro atoms. The van der Waals surface area contributed by atoms with Crippen molar-refractivity contribution in [3.05, 3.63) is 29.3 Å². The molecule has 0 aliphatic carbocycles. The highest BCUT2D eigenvalue weighted by Crippen LogP contribution is 2.32. The Bertz CT molecular complexity index is 295. The van der Waals surface area contributed by atoms with Crippen molar-refractivity contribution in [3.8, 4) is 5.75 Å². The van der Waals surface area contributed by atoms with Gasteiger partial charge in [-0.25, -0.2) is 0 Å². The molecule has 0 bridgehead atoms. The van der Waals surface area contributed by atoms with E-state index in [1.54, 1.807) is 0 Å². The highest BCUT2D eigenvalue weighted by molar-refractivity contribution is 5.36. The minimum absolute atomic E-state index is 0.329. The van der Waals surface area contributed by atoms with Crippen molar-refractivity contribution in [2.24, 2.45) is 0 Å². The van der Waals surface area contributed by atoms with Gasteiger partial charge in [0.05, 0.1) is 5.56 Å². The lowest BCUT2D eigenvalue weighted by Gasteiger charge is -2.07. The summed E-state index contributed by atoms with van der Waals surface area (Å²) in [7, 11) is 1.00. The van der Waals surface area contributed by atoms with E-state index in [9.17, 15) is 13.2 Å². The highest BCUT2D eigenvalue weighted by atomic mass is 19.4. The van der Waals surface area contributed by atoms with Gasteiger partial charge in [-0.15, -0.1) is 0 Å². The molecular weight excluding hydrogens is 197 g/mol. The summed E-state index contributed by atoms with van der Waals surface area (Å²) in [6, 6.07) is 2.89. The fourth-order valence-corrected chi connectivity index (χ4v) is 0.786. The molecule has 0 saturated carbocycles. The van der Waals surface area contributed by atoms with Crippen molar-refractivity contribution in [2.75, 3.05) is 7.11 Å². The average molecular weight is 208 g/mol. The molecule has 1 aromatic carbocycles. The molecule has 80 valence electrons. The van der Waals surface area contributed by atoms with Crippen molar-refractivity contribution in [1.29, 1.82) is 0 Å². The van der Waals surface area contributed by atoms with Crippen molar-refractivity contribution in [3.63, 3.8) is 0 Å². The predicted octanol–water partition coefficient (Wildman–Crippen LogP) is 2.33. The number of halogens is 3. The summed E-state index contributed by atoms with van der Waals surface area (Å²) in [5.74, 6) is -0.329. The Hall–Kier alpha value is -1.23. The van der Waals surface area contributed by atoms with E-state index in [1.165, 1.54) is 13.0 Å². The molecule has 0 radical (unpaired) electrons. The monoisotopic (exact) mass is 208 g/mol. The van der Waals surface area contributed by atoms with Gasteiger partial charge in [-0.2, -0.15) is 13.2 Å². The van der Waals surface area contributed by atoms with E-state index < -0.39 is 11.7 Å². The molecule has 0 saturated heterocycles. The van der Waals surface area contributed by atoms with Gasteiger partial charge in [0.2, 0.25) is 0 Å². The maximum atomic E-state index is 12.0. The van der Waals surface area contributed by atoms with Crippen LogP contribution in [0.5, 0.6) is 5.75 Å². The first-order chi connectivity index (χ1) is 6.41. The molecule has 1 rings (SSSR count). The minimum atomic E-state index is -4.38. The maximum absolute atomic E-state index is 12.0. The quantitative estimate of drug-likeness (QED) is 0.686. The first kappa shape index (κ1) is 12.8. The Balaban J connectivity index is 0.000000791. The molecule has 5 heteroatoms. The van der Waals surface area contributed by atoms with E-state index in [2.05, 4.69) is 0 Å². The number of aromatic hydroxyl groups is 1. The predicted molar refractivity (Wildman–Crippen MR) is 46.0 cm³/mol. The van der Waals surface area contributed by atoms with E-state index in [0.717, 1.165) is 19.2 Å². The molecule has 0 atom stereocenters. The number of alkyl halides is 3. The Kier molecular flexibility index (Phi) is 4.43. The second-order valence-electron chi connectivity index (χ2n) is 2.50. The van der Waals surface area contributed by atoms with E-state index >= 15 is 0 Å². The second kappa shape index (κ2) is 4.85. The molecule has 1 aromatic rings. The Morgan fingerprint density at radius 2 is 1.64 bits per heavy atom. The molecule has 0 heterocycles. The van der Waals surface area contributed by atoms with Gasteiger partial charge < -0.3 is 10.2 Å². The van der Waals surface area contributed by atoms with Crippen molar-refractivity contribution in [2.45, 2.75) is 13.1 Å². The van der Waals surface area contributed by atoms with Crippen LogP contribution in [0.3, 0.4) is 0 Å². The zero-order chi connectivity index (χ0) is 11.4. The number of hydrogen-bond donors (Lipinski definition) is 2. The highest BCUT2D eigenvalue weighted by Gasteiger charge is 2.30. The third-order valence-corrected chi connectivity index (χ3v) is 1.54. The zero-order valence-corrected chi connectivity index (χ0v) is 7.76. The number of benzene rings is 1. The summed E-state index contributed by atoms with van der Waals surface area (Å²) >= 11 is 0. The maximum Gasteiger partial charge on any atom is 0.416 e. The van der Waals surface area contributed by atoms with E-state index in [-0.39, 0.29) is 5.75 Å². The summed E-state index contributed by atoms with van der Waals surface area (Å²) in [5, 5.41) is 16.0. The van der Waals surface area contributed by atoms with Crippen molar-refractivity contribution in [1.82, 2.24) is 0 Å². The number of rotatable bonds is 0. The number of hydrogen-bond acceptors (Lipinski definition) is 2. The zero-order valence-electron chi connectivity index (χ0n) is 7.76. The molecule has 0 fully saturated rings. The molecule has 0 unspecified atom stereocenters. The smallest absolute Gasteiger partial charge is 0.416 e. The topological polar surface area (TPSA) is 40.5 Å². The molecule has 0 amide bonds. The lowest BCUT2D eigenvalue weighted by molar-refractivity contribution is -0.137. The standard InChI is InChI=1S/C8H7F3O.CH4O/c1-5-2-3-6(4-7(5)12)8(9,10)11;1-2/h2-4,12H,1H3;2H,1H3. The number of aliphatic hydroxyl groups excluding tert-OH is 1. The van der Waals surface area contributed by atoms with Crippen LogP contribution in [0.1, 0.15) is 11.1 Å². The lowest BCUT2D eigenvalue weighted by atomic mass is 10.1. The molecule has 2 N–H and O–H groups in total. The fraction of sp³-hybridized carbons (Fsp3) is 0.333. The van der Waals surface area contributed by atoms with Gasteiger partial charge >= 0.3 is 6.18 Å². The van der Waals surface area contributed by atoms with Crippen LogP contribution in [0, 0.1) is 6.92 Å². The summed E-state index contributed by atoms with van der Waals surface area (Å²) in [6.07, 6.45) is -4.38. The van der Waals surface area contributed by atoms with Crippen LogP contribution in [-0.2, 0) is 6.18 Å². The molecule has 0 aliphatic heterocycles. The van der Waals surface area contributed by atoms with Gasteiger partial charge in [0, 0.05) is 7.11 Å². The van der Waals surface area contributed by atoms with Crippen LogP contribution in [0.2, 0.25) is 0 Å². The van der Waals surface area contributed by atoms with Crippen LogP contribution in [-0.4, -0.2) is 17.3 Å². The Morgan fingerprint density at radius 1 is 1.14 bits per heavy atom. The van der Waals surface area contributed by atoms with Gasteiger partial charge in [-0.1, -0.05) is 6.07 Å². The number of phenols is 1. The number of aliphatic hydroxyl groups is 1. The van der Waals surface area contributed by atoms with E-state index in [1.807, 2.05) is 0 Å². The summed E-state index contributed by atoms with van der Waals surface area (Å²) < 4.78 is 36.0. The Morgan fingerprint density at radius 3 is 2.00 bits per heavy atom. The third kappa shape index (κ3) is 3.26. The van der Waals surface area contributed by atoms with Crippen molar-refractivity contribution < 1.29 is 23.4 Å². The van der Waals surface area contributed by atoms with Crippen LogP contribution in [0.4, 0.5) is 13.2 Å². The summed E-state index contributed by atoms with van der Waals surface area (Å²) in [6.45, 7) is 1.54. The van der Waals surface area contributed by atoms with E-state index in [0.29, 0.717) is 5.56 Å². The van der Waals surface area contributed by atoms with Gasteiger partial charge in [-0.3, -0.25) is 0 Å². The average Bonchev–Trinajstić information content (AvgIpc) is 2.11. The van der Waals surface area contributed by atoms with Gasteiger partial charge in [0.15, 0.2) is 0 Å². The van der Waals surface area contributed by atoms with Crippen LogP contribution < -0.4 is 0 Å². The van der Waals surface area contributed by atoms with Crippen molar-refractivity contribution >= 4 is 0 Å². The summed E-state index contributed by atoms with van der Waals surface area (Å²) in [5.41, 5.74) is -0.395. The largest absolute Gasteiger partial charge is 0.508 e. The van der Waals surface area contributed by atoms with Crippen LogP contribution in [0.25, 0.3) is 0 Å². The number of phenolic OH excluding ortho intramolecular Hbond substituents is 1. The molecular formula is C9H11F3O2.